The zero-order valence-electron chi connectivity index (χ0n) is 47.5. The third-order valence-corrected chi connectivity index (χ3v) is 15.1. The first-order chi connectivity index (χ1) is 34.5. The lowest BCUT2D eigenvalue weighted by molar-refractivity contribution is -0.143. The average molecular weight is 989 g/mol. The van der Waals surface area contributed by atoms with Gasteiger partial charge in [0.2, 0.25) is 5.91 Å². The molecule has 0 saturated carbocycles. The molecule has 6 heteroatoms. The van der Waals surface area contributed by atoms with Crippen LogP contribution in [0.15, 0.2) is 12.2 Å². The van der Waals surface area contributed by atoms with E-state index in [-0.39, 0.29) is 18.5 Å². The monoisotopic (exact) mass is 988 g/mol. The second-order valence-corrected chi connectivity index (χ2v) is 22.1. The molecule has 2 atom stereocenters. The Morgan fingerprint density at radius 2 is 0.657 bits per heavy atom. The van der Waals surface area contributed by atoms with Crippen LogP contribution in [-0.4, -0.2) is 47.4 Å². The third-order valence-electron chi connectivity index (χ3n) is 15.1. The largest absolute Gasteiger partial charge is 0.466 e. The predicted molar refractivity (Wildman–Crippen MR) is 306 cm³/mol. The minimum absolute atomic E-state index is 0.00991. The van der Waals surface area contributed by atoms with Gasteiger partial charge in [0, 0.05) is 12.8 Å². The van der Waals surface area contributed by atoms with E-state index in [1.807, 2.05) is 6.08 Å². The molecule has 2 unspecified atom stereocenters. The van der Waals surface area contributed by atoms with Crippen molar-refractivity contribution in [1.29, 1.82) is 0 Å². The van der Waals surface area contributed by atoms with Crippen LogP contribution in [0.1, 0.15) is 361 Å². The molecule has 1 amide bonds. The van der Waals surface area contributed by atoms with Gasteiger partial charge in [-0.05, 0) is 32.1 Å². The molecule has 0 aliphatic carbocycles. The Kier molecular flexibility index (Phi) is 59.0. The zero-order valence-corrected chi connectivity index (χ0v) is 47.5. The molecule has 0 aliphatic heterocycles. The number of unbranched alkanes of at least 4 members (excludes halogenated alkanes) is 49. The number of rotatable bonds is 60. The van der Waals surface area contributed by atoms with Crippen LogP contribution in [0.3, 0.4) is 0 Å². The fraction of sp³-hybridized carbons (Fsp3) is 0.938. The van der Waals surface area contributed by atoms with Gasteiger partial charge in [0.1, 0.15) is 0 Å². The molecule has 0 rings (SSSR count). The molecule has 0 spiro atoms. The van der Waals surface area contributed by atoms with Crippen molar-refractivity contribution < 1.29 is 24.5 Å². The molecular formula is C64H125NO5. The number of nitrogens with one attached hydrogen (secondary N) is 1. The number of amides is 1. The maximum Gasteiger partial charge on any atom is 0.305 e. The van der Waals surface area contributed by atoms with E-state index in [1.54, 1.807) is 6.08 Å². The second kappa shape index (κ2) is 60.2. The summed E-state index contributed by atoms with van der Waals surface area (Å²) in [6.45, 7) is 4.93. The number of allylic oxidation sites excluding steroid dienone is 1. The van der Waals surface area contributed by atoms with E-state index in [9.17, 15) is 19.8 Å². The molecule has 0 fully saturated rings. The van der Waals surface area contributed by atoms with Crippen LogP contribution < -0.4 is 5.32 Å². The van der Waals surface area contributed by atoms with Crippen LogP contribution in [0.5, 0.6) is 0 Å². The van der Waals surface area contributed by atoms with Crippen LogP contribution in [0, 0.1) is 0 Å². The first kappa shape index (κ1) is 68.6. The van der Waals surface area contributed by atoms with Crippen LogP contribution in [0.4, 0.5) is 0 Å². The number of aliphatic hydroxyl groups excluding tert-OH is 2. The van der Waals surface area contributed by atoms with Crippen LogP contribution in [0.25, 0.3) is 0 Å². The van der Waals surface area contributed by atoms with Crippen LogP contribution in [0.2, 0.25) is 0 Å². The van der Waals surface area contributed by atoms with Gasteiger partial charge in [-0.3, -0.25) is 9.59 Å². The van der Waals surface area contributed by atoms with Crippen LogP contribution in [-0.2, 0) is 14.3 Å². The first-order valence-electron chi connectivity index (χ1n) is 32.0. The highest BCUT2D eigenvalue weighted by molar-refractivity contribution is 5.76. The number of hydrogen-bond acceptors (Lipinski definition) is 5. The van der Waals surface area contributed by atoms with Gasteiger partial charge in [0.25, 0.3) is 0 Å². The number of ether oxygens (including phenoxy) is 1. The topological polar surface area (TPSA) is 95.9 Å². The Hall–Kier alpha value is -1.40. The molecule has 0 aromatic carbocycles. The quantitative estimate of drug-likeness (QED) is 0.0321. The minimum Gasteiger partial charge on any atom is -0.466 e. The molecular weight excluding hydrogens is 863 g/mol. The lowest BCUT2D eigenvalue weighted by Crippen LogP contribution is -2.45. The van der Waals surface area contributed by atoms with Gasteiger partial charge in [-0.15, -0.1) is 0 Å². The average Bonchev–Trinajstić information content (AvgIpc) is 3.36. The molecule has 416 valence electrons. The van der Waals surface area contributed by atoms with Gasteiger partial charge in [0.05, 0.1) is 25.4 Å². The van der Waals surface area contributed by atoms with Gasteiger partial charge in [0.15, 0.2) is 0 Å². The van der Waals surface area contributed by atoms with Crippen LogP contribution >= 0.6 is 0 Å². The van der Waals surface area contributed by atoms with Crippen molar-refractivity contribution in [1.82, 2.24) is 5.32 Å². The molecule has 0 saturated heterocycles. The maximum absolute atomic E-state index is 12.5. The molecule has 0 aromatic rings. The summed E-state index contributed by atoms with van der Waals surface area (Å²) >= 11 is 0. The fourth-order valence-electron chi connectivity index (χ4n) is 10.2. The summed E-state index contributed by atoms with van der Waals surface area (Å²) in [5.41, 5.74) is 0. The van der Waals surface area contributed by atoms with Crippen molar-refractivity contribution in [3.8, 4) is 0 Å². The first-order valence-corrected chi connectivity index (χ1v) is 32.0. The fourth-order valence-corrected chi connectivity index (χ4v) is 10.2. The highest BCUT2D eigenvalue weighted by Crippen LogP contribution is 2.18. The summed E-state index contributed by atoms with van der Waals surface area (Å²) in [5, 5.41) is 23.2. The number of hydrogen-bond donors (Lipinski definition) is 3. The molecule has 6 nitrogen and oxygen atoms in total. The Labute approximate surface area is 438 Å². The highest BCUT2D eigenvalue weighted by atomic mass is 16.5. The van der Waals surface area contributed by atoms with E-state index in [0.29, 0.717) is 19.4 Å². The van der Waals surface area contributed by atoms with Crippen molar-refractivity contribution in [3.05, 3.63) is 12.2 Å². The minimum atomic E-state index is -0.847. The maximum atomic E-state index is 12.5. The third kappa shape index (κ3) is 55.9. The Bertz CT molecular complexity index is 1050. The van der Waals surface area contributed by atoms with E-state index < -0.39 is 12.1 Å². The second-order valence-electron chi connectivity index (χ2n) is 22.1. The standard InChI is InChI=1S/C64H125NO5/c1-3-5-7-9-11-13-15-17-18-19-20-21-22-24-27-30-33-36-40-44-48-52-56-62(67)61(60-66)65-63(68)57-53-49-45-41-37-34-31-28-25-23-26-29-32-35-39-43-47-51-55-59-70-64(69)58-54-50-46-42-38-16-14-12-10-8-6-4-2/h52,56,61-62,66-67H,3-51,53-55,57-60H2,1-2H3,(H,65,68)/b56-52+. The number of esters is 1. The SMILES string of the molecule is CCCCCCCCCCCCCCCCCCCCCC/C=C/C(O)C(CO)NC(=O)CCCCCCCCCCCCCCCCCCCCCOC(=O)CCCCCCCCCCCCCC. The van der Waals surface area contributed by atoms with E-state index in [0.717, 1.165) is 38.5 Å². The van der Waals surface area contributed by atoms with Crippen molar-refractivity contribution in [2.24, 2.45) is 0 Å². The van der Waals surface area contributed by atoms with Gasteiger partial charge < -0.3 is 20.3 Å². The molecule has 3 N–H and O–H groups in total. The van der Waals surface area contributed by atoms with Crippen molar-refractivity contribution >= 4 is 11.9 Å². The predicted octanol–water partition coefficient (Wildman–Crippen LogP) is 20.0. The summed E-state index contributed by atoms with van der Waals surface area (Å²) < 4.78 is 5.47. The van der Waals surface area contributed by atoms with Gasteiger partial charge in [-0.1, -0.05) is 328 Å². The molecule has 0 radical (unpaired) electrons. The number of carbonyl (C=O) groups is 2. The van der Waals surface area contributed by atoms with E-state index in [1.165, 1.54) is 295 Å². The summed E-state index contributed by atoms with van der Waals surface area (Å²) in [6, 6.07) is -0.630. The zero-order chi connectivity index (χ0) is 50.7. The number of carbonyl (C=O) groups excluding carboxylic acids is 2. The highest BCUT2D eigenvalue weighted by Gasteiger charge is 2.18. The Balaban J connectivity index is 3.43. The lowest BCUT2D eigenvalue weighted by atomic mass is 10.0. The lowest BCUT2D eigenvalue weighted by Gasteiger charge is -2.20. The molecule has 0 heterocycles. The Morgan fingerprint density at radius 3 is 0.971 bits per heavy atom. The van der Waals surface area contributed by atoms with E-state index in [4.69, 9.17) is 4.74 Å². The van der Waals surface area contributed by atoms with E-state index >= 15 is 0 Å². The van der Waals surface area contributed by atoms with Gasteiger partial charge in [-0.2, -0.15) is 0 Å². The molecule has 0 aliphatic rings. The normalized spacial score (nSPS) is 12.6. The summed E-state index contributed by atoms with van der Waals surface area (Å²) in [4.78, 5) is 24.5. The molecule has 0 aromatic heterocycles. The Morgan fingerprint density at radius 1 is 0.386 bits per heavy atom. The van der Waals surface area contributed by atoms with Crippen molar-refractivity contribution in [3.63, 3.8) is 0 Å². The smallest absolute Gasteiger partial charge is 0.305 e. The molecule has 70 heavy (non-hydrogen) atoms. The summed E-state index contributed by atoms with van der Waals surface area (Å²) in [6.07, 6.45) is 72.5. The van der Waals surface area contributed by atoms with E-state index in [2.05, 4.69) is 19.2 Å². The summed E-state index contributed by atoms with van der Waals surface area (Å²) in [7, 11) is 0. The molecule has 0 bridgehead atoms. The van der Waals surface area contributed by atoms with Gasteiger partial charge >= 0.3 is 5.97 Å². The summed E-state index contributed by atoms with van der Waals surface area (Å²) in [5.74, 6) is -0.0567. The van der Waals surface area contributed by atoms with Gasteiger partial charge in [-0.25, -0.2) is 0 Å². The number of aliphatic hydroxyl groups is 2. The van der Waals surface area contributed by atoms with Crippen molar-refractivity contribution in [2.45, 2.75) is 373 Å². The van der Waals surface area contributed by atoms with Crippen molar-refractivity contribution in [2.75, 3.05) is 13.2 Å².